The fourth-order valence-corrected chi connectivity index (χ4v) is 1.74. The zero-order chi connectivity index (χ0) is 14.4. The Labute approximate surface area is 117 Å². The molecule has 2 N–H and O–H groups in total. The first-order valence-corrected chi connectivity index (χ1v) is 6.55. The molecule has 1 aromatic carbocycles. The second kappa shape index (κ2) is 6.70. The third-order valence-corrected chi connectivity index (χ3v) is 2.84. The fourth-order valence-electron chi connectivity index (χ4n) is 1.74. The third kappa shape index (κ3) is 3.57. The molecule has 0 aliphatic rings. The molecule has 0 aliphatic heterocycles. The van der Waals surface area contributed by atoms with E-state index in [0.29, 0.717) is 18.1 Å². The Balaban J connectivity index is 2.10. The van der Waals surface area contributed by atoms with Crippen LogP contribution in [0.25, 0.3) is 0 Å². The molecule has 0 unspecified atom stereocenters. The molecule has 6 heteroatoms. The van der Waals surface area contributed by atoms with Crippen molar-refractivity contribution in [2.75, 3.05) is 19.0 Å². The minimum absolute atomic E-state index is 0.213. The summed E-state index contributed by atoms with van der Waals surface area (Å²) >= 11 is 0. The van der Waals surface area contributed by atoms with Gasteiger partial charge in [-0.15, -0.1) is 10.2 Å². The summed E-state index contributed by atoms with van der Waals surface area (Å²) in [5, 5.41) is 10.9. The van der Waals surface area contributed by atoms with Crippen LogP contribution >= 0.6 is 0 Å². The smallest absolute Gasteiger partial charge is 0.274 e. The predicted molar refractivity (Wildman–Crippen MR) is 77.2 cm³/mol. The van der Waals surface area contributed by atoms with E-state index in [4.69, 9.17) is 4.74 Å². The lowest BCUT2D eigenvalue weighted by atomic mass is 10.1. The lowest BCUT2D eigenvalue weighted by molar-refractivity contribution is 0.414. The van der Waals surface area contributed by atoms with Crippen LogP contribution in [0.3, 0.4) is 0 Å². The van der Waals surface area contributed by atoms with Crippen molar-refractivity contribution >= 4 is 5.95 Å². The van der Waals surface area contributed by atoms with Crippen molar-refractivity contribution in [3.05, 3.63) is 45.9 Å². The van der Waals surface area contributed by atoms with E-state index in [1.807, 2.05) is 31.2 Å². The number of nitrogens with one attached hydrogen (secondary N) is 2. The molecule has 0 bridgehead atoms. The van der Waals surface area contributed by atoms with E-state index in [9.17, 15) is 4.79 Å². The topological polar surface area (TPSA) is 79.9 Å². The number of ether oxygens (including phenoxy) is 1. The molecule has 0 radical (unpaired) electrons. The molecule has 6 nitrogen and oxygen atoms in total. The van der Waals surface area contributed by atoms with Gasteiger partial charge in [0.25, 0.3) is 5.56 Å². The number of hydrogen-bond acceptors (Lipinski definition) is 5. The SMILES string of the molecule is CCCNc1nnc(Cc2ccc(OC)cc2)c(=O)[nH]1. The van der Waals surface area contributed by atoms with Gasteiger partial charge in [0, 0.05) is 13.0 Å². The maximum absolute atomic E-state index is 11.9. The van der Waals surface area contributed by atoms with Gasteiger partial charge in [-0.05, 0) is 24.1 Å². The van der Waals surface area contributed by atoms with Gasteiger partial charge in [0.1, 0.15) is 11.4 Å². The molecule has 0 spiro atoms. The highest BCUT2D eigenvalue weighted by molar-refractivity contribution is 5.30. The Hall–Kier alpha value is -2.37. The summed E-state index contributed by atoms with van der Waals surface area (Å²) in [4.78, 5) is 14.6. The average Bonchev–Trinajstić information content (AvgIpc) is 2.48. The van der Waals surface area contributed by atoms with Gasteiger partial charge in [-0.3, -0.25) is 9.78 Å². The highest BCUT2D eigenvalue weighted by Crippen LogP contribution is 2.12. The molecule has 0 amide bonds. The van der Waals surface area contributed by atoms with E-state index < -0.39 is 0 Å². The standard InChI is InChI=1S/C14H18N4O2/c1-3-8-15-14-16-13(19)12(17-18-14)9-10-4-6-11(20-2)7-5-10/h4-7H,3,8-9H2,1-2H3,(H2,15,16,18,19). The largest absolute Gasteiger partial charge is 0.497 e. The molecule has 0 fully saturated rings. The van der Waals surface area contributed by atoms with Crippen molar-refractivity contribution in [2.45, 2.75) is 19.8 Å². The van der Waals surface area contributed by atoms with Gasteiger partial charge in [-0.2, -0.15) is 0 Å². The third-order valence-electron chi connectivity index (χ3n) is 2.84. The zero-order valence-corrected chi connectivity index (χ0v) is 11.6. The number of H-pyrrole nitrogens is 1. The maximum atomic E-state index is 11.9. The Kier molecular flexibility index (Phi) is 4.70. The number of nitrogens with zero attached hydrogens (tertiary/aromatic N) is 2. The van der Waals surface area contributed by atoms with Gasteiger partial charge < -0.3 is 10.1 Å². The molecule has 2 rings (SSSR count). The van der Waals surface area contributed by atoms with Crippen molar-refractivity contribution in [1.29, 1.82) is 0 Å². The van der Waals surface area contributed by atoms with Crippen LogP contribution in [-0.4, -0.2) is 28.8 Å². The van der Waals surface area contributed by atoms with Crippen LogP contribution in [0.15, 0.2) is 29.1 Å². The van der Waals surface area contributed by atoms with Crippen LogP contribution in [0.5, 0.6) is 5.75 Å². The molecule has 0 saturated heterocycles. The van der Waals surface area contributed by atoms with Gasteiger partial charge in [0.05, 0.1) is 7.11 Å². The first-order valence-electron chi connectivity index (χ1n) is 6.55. The molecular formula is C14H18N4O2. The number of aromatic nitrogens is 3. The Morgan fingerprint density at radius 1 is 1.25 bits per heavy atom. The van der Waals surface area contributed by atoms with Gasteiger partial charge in [-0.1, -0.05) is 19.1 Å². The summed E-state index contributed by atoms with van der Waals surface area (Å²) in [6.07, 6.45) is 1.40. The molecule has 2 aromatic rings. The zero-order valence-electron chi connectivity index (χ0n) is 11.6. The highest BCUT2D eigenvalue weighted by atomic mass is 16.5. The van der Waals surface area contributed by atoms with Crippen molar-refractivity contribution in [1.82, 2.24) is 15.2 Å². The molecule has 106 valence electrons. The number of aromatic amines is 1. The van der Waals surface area contributed by atoms with Crippen LogP contribution in [0.4, 0.5) is 5.95 Å². The van der Waals surface area contributed by atoms with Gasteiger partial charge in [0.15, 0.2) is 0 Å². The van der Waals surface area contributed by atoms with E-state index in [1.165, 1.54) is 0 Å². The first-order chi connectivity index (χ1) is 9.72. The quantitative estimate of drug-likeness (QED) is 0.836. The van der Waals surface area contributed by atoms with E-state index in [2.05, 4.69) is 20.5 Å². The highest BCUT2D eigenvalue weighted by Gasteiger charge is 2.06. The summed E-state index contributed by atoms with van der Waals surface area (Å²) in [7, 11) is 1.62. The van der Waals surface area contributed by atoms with Crippen molar-refractivity contribution in [2.24, 2.45) is 0 Å². The summed E-state index contributed by atoms with van der Waals surface area (Å²) < 4.78 is 5.09. The second-order valence-electron chi connectivity index (χ2n) is 4.40. The van der Waals surface area contributed by atoms with Crippen molar-refractivity contribution in [3.63, 3.8) is 0 Å². The van der Waals surface area contributed by atoms with Gasteiger partial charge >= 0.3 is 0 Å². The monoisotopic (exact) mass is 274 g/mol. The molecular weight excluding hydrogens is 256 g/mol. The normalized spacial score (nSPS) is 10.3. The molecule has 1 heterocycles. The number of benzene rings is 1. The van der Waals surface area contributed by atoms with Crippen LogP contribution < -0.4 is 15.6 Å². The van der Waals surface area contributed by atoms with Gasteiger partial charge in [-0.25, -0.2) is 0 Å². The fraction of sp³-hybridized carbons (Fsp3) is 0.357. The van der Waals surface area contributed by atoms with Gasteiger partial charge in [0.2, 0.25) is 5.95 Å². The lowest BCUT2D eigenvalue weighted by Crippen LogP contribution is -2.20. The Morgan fingerprint density at radius 3 is 2.60 bits per heavy atom. The summed E-state index contributed by atoms with van der Waals surface area (Å²) in [6, 6.07) is 7.52. The van der Waals surface area contributed by atoms with E-state index in [0.717, 1.165) is 24.3 Å². The first kappa shape index (κ1) is 14.0. The molecule has 0 saturated carbocycles. The Morgan fingerprint density at radius 2 is 2.00 bits per heavy atom. The molecule has 0 atom stereocenters. The molecule has 20 heavy (non-hydrogen) atoms. The predicted octanol–water partition coefficient (Wildman–Crippen LogP) is 1.59. The van der Waals surface area contributed by atoms with Crippen LogP contribution in [0, 0.1) is 0 Å². The summed E-state index contributed by atoms with van der Waals surface area (Å²) in [6.45, 7) is 2.79. The molecule has 1 aromatic heterocycles. The average molecular weight is 274 g/mol. The summed E-state index contributed by atoms with van der Waals surface area (Å²) in [5.41, 5.74) is 1.17. The second-order valence-corrected chi connectivity index (χ2v) is 4.40. The van der Waals surface area contributed by atoms with E-state index in [-0.39, 0.29) is 5.56 Å². The number of methoxy groups -OCH3 is 1. The minimum Gasteiger partial charge on any atom is -0.497 e. The molecule has 0 aliphatic carbocycles. The summed E-state index contributed by atoms with van der Waals surface area (Å²) in [5.74, 6) is 1.20. The Bertz CT molecular complexity index is 607. The van der Waals surface area contributed by atoms with Crippen LogP contribution in [0.2, 0.25) is 0 Å². The van der Waals surface area contributed by atoms with E-state index in [1.54, 1.807) is 7.11 Å². The van der Waals surface area contributed by atoms with Crippen molar-refractivity contribution in [3.8, 4) is 5.75 Å². The number of rotatable bonds is 6. The number of hydrogen-bond donors (Lipinski definition) is 2. The minimum atomic E-state index is -0.213. The van der Waals surface area contributed by atoms with Crippen molar-refractivity contribution < 1.29 is 4.74 Å². The van der Waals surface area contributed by atoms with Crippen LogP contribution in [-0.2, 0) is 6.42 Å². The number of anilines is 1. The maximum Gasteiger partial charge on any atom is 0.274 e. The van der Waals surface area contributed by atoms with Crippen LogP contribution in [0.1, 0.15) is 24.6 Å². The van der Waals surface area contributed by atoms with E-state index >= 15 is 0 Å². The lowest BCUT2D eigenvalue weighted by Gasteiger charge is -2.04.